The van der Waals surface area contributed by atoms with E-state index in [0.29, 0.717) is 65.5 Å². The van der Waals surface area contributed by atoms with Gasteiger partial charge in [0, 0.05) is 48.2 Å². The summed E-state index contributed by atoms with van der Waals surface area (Å²) in [5.74, 6) is 0.256. The molecule has 1 aliphatic carbocycles. The molecule has 1 saturated heterocycles. The quantitative estimate of drug-likeness (QED) is 0.225. The van der Waals surface area contributed by atoms with Crippen molar-refractivity contribution in [3.63, 3.8) is 0 Å². The van der Waals surface area contributed by atoms with E-state index >= 15 is 0 Å². The van der Waals surface area contributed by atoms with E-state index in [4.69, 9.17) is 21.3 Å². The molecule has 0 bridgehead atoms. The molecule has 4 aromatic rings. The van der Waals surface area contributed by atoms with E-state index in [1.807, 2.05) is 32.9 Å². The number of fused-ring (bicyclic) bond motifs is 1. The molecule has 0 spiro atoms. The maximum absolute atomic E-state index is 13.6. The van der Waals surface area contributed by atoms with E-state index in [-0.39, 0.29) is 34.9 Å². The van der Waals surface area contributed by atoms with Gasteiger partial charge in [-0.15, -0.1) is 0 Å². The molecule has 0 unspecified atom stereocenters. The summed E-state index contributed by atoms with van der Waals surface area (Å²) in [5, 5.41) is 7.68. The zero-order valence-electron chi connectivity index (χ0n) is 27.4. The molecule has 1 saturated carbocycles. The largest absolute Gasteiger partial charge is 0.444 e. The first-order valence-electron chi connectivity index (χ1n) is 16.4. The maximum atomic E-state index is 13.6. The molecule has 2 aromatic carbocycles. The van der Waals surface area contributed by atoms with E-state index in [2.05, 4.69) is 15.6 Å². The van der Waals surface area contributed by atoms with Crippen LogP contribution in [-0.2, 0) is 19.6 Å². The third-order valence-corrected chi connectivity index (χ3v) is 10.8. The predicted octanol–water partition coefficient (Wildman–Crippen LogP) is 6.48. The van der Waals surface area contributed by atoms with Gasteiger partial charge in [-0.2, -0.15) is 0 Å². The number of amides is 2. The molecule has 2 atom stereocenters. The highest BCUT2D eigenvalue weighted by atomic mass is 35.5. The van der Waals surface area contributed by atoms with Crippen LogP contribution in [-0.4, -0.2) is 70.0 Å². The lowest BCUT2D eigenvalue weighted by atomic mass is 9.89. The molecule has 11 nitrogen and oxygen atoms in total. The number of likely N-dealkylation sites (tertiary alicyclic amines) is 1. The van der Waals surface area contributed by atoms with Gasteiger partial charge in [-0.3, -0.25) is 4.79 Å². The number of halogens is 1. The summed E-state index contributed by atoms with van der Waals surface area (Å²) in [6, 6.07) is 15.6. The van der Waals surface area contributed by atoms with E-state index in [1.54, 1.807) is 53.6 Å². The summed E-state index contributed by atoms with van der Waals surface area (Å²) in [4.78, 5) is 36.7. The second-order valence-corrected chi connectivity index (χ2v) is 15.7. The summed E-state index contributed by atoms with van der Waals surface area (Å²) >= 11 is 6.64. The normalized spacial score (nSPS) is 19.2. The molecule has 3 heterocycles. The van der Waals surface area contributed by atoms with Gasteiger partial charge in [-0.1, -0.05) is 48.0 Å². The first kappa shape index (κ1) is 33.7. The molecule has 48 heavy (non-hydrogen) atoms. The Labute approximate surface area is 286 Å². The molecule has 254 valence electrons. The van der Waals surface area contributed by atoms with Crippen molar-refractivity contribution in [2.24, 2.45) is 5.92 Å². The molecule has 2 amide bonds. The van der Waals surface area contributed by atoms with Crippen LogP contribution in [0.15, 0.2) is 71.9 Å². The minimum atomic E-state index is -3.88. The Balaban J connectivity index is 1.13. The van der Waals surface area contributed by atoms with E-state index in [1.165, 1.54) is 10.2 Å². The predicted molar refractivity (Wildman–Crippen MR) is 185 cm³/mol. The number of carbonyl (C=O) groups is 2. The Morgan fingerprint density at radius 2 is 1.65 bits per heavy atom. The van der Waals surface area contributed by atoms with Crippen molar-refractivity contribution in [3.8, 4) is 11.3 Å². The lowest BCUT2D eigenvalue weighted by Crippen LogP contribution is -2.48. The lowest BCUT2D eigenvalue weighted by molar-refractivity contribution is -0.127. The minimum absolute atomic E-state index is 0.000532. The smallest absolute Gasteiger partial charge is 0.410 e. The average molecular weight is 693 g/mol. The number of ether oxygens (including phenoxy) is 1. The van der Waals surface area contributed by atoms with Crippen molar-refractivity contribution in [3.05, 3.63) is 72.0 Å². The number of piperidine rings is 1. The third kappa shape index (κ3) is 7.44. The van der Waals surface area contributed by atoms with E-state index in [9.17, 15) is 18.0 Å². The molecule has 2 fully saturated rings. The fraction of sp³-hybridized carbons (Fsp3) is 0.429. The number of nitrogens with one attached hydrogen (secondary N) is 2. The van der Waals surface area contributed by atoms with Crippen LogP contribution >= 0.6 is 11.6 Å². The van der Waals surface area contributed by atoms with Crippen molar-refractivity contribution >= 4 is 50.5 Å². The van der Waals surface area contributed by atoms with Gasteiger partial charge >= 0.3 is 6.09 Å². The third-order valence-electron chi connectivity index (χ3n) is 8.85. The molecule has 1 aliphatic heterocycles. The highest BCUT2D eigenvalue weighted by Crippen LogP contribution is 2.36. The van der Waals surface area contributed by atoms with Crippen LogP contribution in [0.3, 0.4) is 0 Å². The standard InChI is InChI=1S/C35H41ClN6O5S/c1-35(2,3)47-34(44)41-18-16-23(17-19-41)32(43)38-24-10-9-11-25(20-24)39-33-37-21-29(36)31(40-33)28-22-42(30-15-8-7-14-27(28)30)48(45,46)26-12-5-4-6-13-26/h4-8,12-15,21-25H,9-11,16-20H2,1-3H3,(H,38,43)(H,37,39,40)/t24-,25+/m0/s1. The Morgan fingerprint density at radius 1 is 0.958 bits per heavy atom. The Hall–Kier alpha value is -4.16. The first-order chi connectivity index (χ1) is 22.9. The second-order valence-electron chi connectivity index (χ2n) is 13.5. The molecule has 2 N–H and O–H groups in total. The van der Waals surface area contributed by atoms with Crippen molar-refractivity contribution < 1.29 is 22.7 Å². The van der Waals surface area contributed by atoms with Gasteiger partial charge in [0.1, 0.15) is 5.60 Å². The van der Waals surface area contributed by atoms with Crippen LogP contribution in [0.4, 0.5) is 10.7 Å². The average Bonchev–Trinajstić information content (AvgIpc) is 3.46. The first-order valence-corrected chi connectivity index (χ1v) is 18.2. The zero-order valence-corrected chi connectivity index (χ0v) is 28.9. The molecular formula is C35H41ClN6O5S. The fourth-order valence-corrected chi connectivity index (χ4v) is 8.06. The van der Waals surface area contributed by atoms with Crippen molar-refractivity contribution in [1.29, 1.82) is 0 Å². The molecule has 6 rings (SSSR count). The van der Waals surface area contributed by atoms with Crippen LogP contribution in [0.2, 0.25) is 5.02 Å². The number of carbonyl (C=O) groups excluding carboxylic acids is 2. The number of rotatable bonds is 7. The van der Waals surface area contributed by atoms with Crippen molar-refractivity contribution in [2.45, 2.75) is 81.9 Å². The van der Waals surface area contributed by atoms with Crippen LogP contribution in [0, 0.1) is 5.92 Å². The zero-order chi connectivity index (χ0) is 34.1. The van der Waals surface area contributed by atoms with Gasteiger partial charge < -0.3 is 20.3 Å². The summed E-state index contributed by atoms with van der Waals surface area (Å²) in [7, 11) is -3.88. The molecule has 0 radical (unpaired) electrons. The SMILES string of the molecule is CC(C)(C)OC(=O)N1CCC(C(=O)N[C@H]2CCC[C@@H](Nc3ncc(Cl)c(-c4cn(S(=O)(=O)c5ccccc5)c5ccccc45)n3)C2)CC1. The minimum Gasteiger partial charge on any atom is -0.444 e. The van der Waals surface area contributed by atoms with Gasteiger partial charge in [0.05, 0.1) is 27.3 Å². The molecule has 13 heteroatoms. The Bertz CT molecular complexity index is 1900. The highest BCUT2D eigenvalue weighted by Gasteiger charge is 2.32. The number of para-hydroxylation sites is 1. The lowest BCUT2D eigenvalue weighted by Gasteiger charge is -2.35. The van der Waals surface area contributed by atoms with Gasteiger partial charge in [0.25, 0.3) is 10.0 Å². The number of anilines is 1. The maximum Gasteiger partial charge on any atom is 0.410 e. The van der Waals surface area contributed by atoms with Gasteiger partial charge in [0.2, 0.25) is 11.9 Å². The van der Waals surface area contributed by atoms with Crippen LogP contribution < -0.4 is 10.6 Å². The number of hydrogen-bond acceptors (Lipinski definition) is 8. The van der Waals surface area contributed by atoms with Crippen molar-refractivity contribution in [2.75, 3.05) is 18.4 Å². The number of aromatic nitrogens is 3. The highest BCUT2D eigenvalue weighted by molar-refractivity contribution is 7.90. The Kier molecular flexibility index (Phi) is 9.67. The topological polar surface area (TPSA) is 136 Å². The molecule has 2 aromatic heterocycles. The van der Waals surface area contributed by atoms with Crippen LogP contribution in [0.1, 0.15) is 59.3 Å². The number of nitrogens with zero attached hydrogens (tertiary/aromatic N) is 4. The van der Waals surface area contributed by atoms with Gasteiger partial charge in [-0.05, 0) is 77.5 Å². The fourth-order valence-electron chi connectivity index (χ4n) is 6.47. The summed E-state index contributed by atoms with van der Waals surface area (Å²) in [6.07, 6.45) is 7.35. The molecule has 2 aliphatic rings. The van der Waals surface area contributed by atoms with Crippen LogP contribution in [0.5, 0.6) is 0 Å². The number of hydrogen-bond donors (Lipinski definition) is 2. The van der Waals surface area contributed by atoms with Crippen molar-refractivity contribution in [1.82, 2.24) is 24.2 Å². The summed E-state index contributed by atoms with van der Waals surface area (Å²) in [5.41, 5.74) is 0.960. The second kappa shape index (κ2) is 13.8. The monoisotopic (exact) mass is 692 g/mol. The Morgan fingerprint density at radius 3 is 2.38 bits per heavy atom. The van der Waals surface area contributed by atoms with E-state index < -0.39 is 15.6 Å². The van der Waals surface area contributed by atoms with Crippen LogP contribution in [0.25, 0.3) is 22.2 Å². The molecular weight excluding hydrogens is 652 g/mol. The van der Waals surface area contributed by atoms with E-state index in [0.717, 1.165) is 19.3 Å². The summed E-state index contributed by atoms with van der Waals surface area (Å²) < 4.78 is 34.0. The number of benzene rings is 2. The summed E-state index contributed by atoms with van der Waals surface area (Å²) in [6.45, 7) is 6.52. The van der Waals surface area contributed by atoms with Gasteiger partial charge in [0.15, 0.2) is 0 Å². The van der Waals surface area contributed by atoms with Gasteiger partial charge in [-0.25, -0.2) is 27.2 Å².